The maximum absolute atomic E-state index is 5.96. The number of nitrogens with one attached hydrogen (secondary N) is 1. The summed E-state index contributed by atoms with van der Waals surface area (Å²) < 4.78 is 7.16. The fourth-order valence-corrected chi connectivity index (χ4v) is 5.25. The molecule has 0 aromatic carbocycles. The number of ether oxygens (including phenoxy) is 1. The van der Waals surface area contributed by atoms with Crippen molar-refractivity contribution in [1.29, 1.82) is 0 Å². The van der Waals surface area contributed by atoms with E-state index in [1.807, 2.05) is 11.3 Å². The van der Waals surface area contributed by atoms with Crippen LogP contribution < -0.4 is 5.32 Å². The predicted octanol–water partition coefficient (Wildman–Crippen LogP) is 4.34. The summed E-state index contributed by atoms with van der Waals surface area (Å²) in [6.07, 6.45) is 7.17. The Hall–Kier alpha value is 0.1000. The van der Waals surface area contributed by atoms with Crippen LogP contribution >= 0.6 is 27.3 Å². The molecule has 1 spiro atoms. The molecule has 2 aliphatic rings. The molecule has 0 aliphatic heterocycles. The standard InChI is InChI=1S/C15H22BrNOS/c1-2-18-14-8-13(15(14)5-3-4-6-15)17-9-12-7-11(16)10-19-12/h7,10,13-14,17H,2-6,8-9H2,1H3. The van der Waals surface area contributed by atoms with Crippen LogP contribution in [0, 0.1) is 5.41 Å². The highest BCUT2D eigenvalue weighted by atomic mass is 79.9. The van der Waals surface area contributed by atoms with Crippen molar-refractivity contribution in [2.24, 2.45) is 5.41 Å². The third-order valence-corrected chi connectivity index (χ3v) is 6.53. The predicted molar refractivity (Wildman–Crippen MR) is 83.6 cm³/mol. The van der Waals surface area contributed by atoms with Gasteiger partial charge >= 0.3 is 0 Å². The molecule has 0 radical (unpaired) electrons. The molecule has 2 saturated carbocycles. The van der Waals surface area contributed by atoms with Crippen LogP contribution in [0.5, 0.6) is 0 Å². The highest BCUT2D eigenvalue weighted by Gasteiger charge is 2.56. The van der Waals surface area contributed by atoms with E-state index >= 15 is 0 Å². The number of thiophene rings is 1. The Balaban J connectivity index is 1.59. The van der Waals surface area contributed by atoms with Crippen molar-refractivity contribution in [1.82, 2.24) is 5.32 Å². The zero-order valence-corrected chi connectivity index (χ0v) is 13.9. The van der Waals surface area contributed by atoms with E-state index in [9.17, 15) is 0 Å². The molecule has 2 unspecified atom stereocenters. The summed E-state index contributed by atoms with van der Waals surface area (Å²) >= 11 is 5.35. The lowest BCUT2D eigenvalue weighted by molar-refractivity contribution is -0.130. The fraction of sp³-hybridized carbons (Fsp3) is 0.733. The van der Waals surface area contributed by atoms with E-state index in [4.69, 9.17) is 4.74 Å². The average Bonchev–Trinajstić information content (AvgIpc) is 3.03. The van der Waals surface area contributed by atoms with Crippen molar-refractivity contribution >= 4 is 27.3 Å². The minimum atomic E-state index is 0.449. The molecule has 1 aromatic heterocycles. The average molecular weight is 344 g/mol. The van der Waals surface area contributed by atoms with Gasteiger partial charge in [0.05, 0.1) is 6.10 Å². The Kier molecular flexibility index (Phi) is 4.32. The molecule has 1 heterocycles. The molecule has 2 atom stereocenters. The lowest BCUT2D eigenvalue weighted by Gasteiger charge is -2.54. The van der Waals surface area contributed by atoms with E-state index in [1.54, 1.807) is 0 Å². The molecule has 3 rings (SSSR count). The van der Waals surface area contributed by atoms with E-state index in [1.165, 1.54) is 41.5 Å². The van der Waals surface area contributed by atoms with Crippen LogP contribution in [0.25, 0.3) is 0 Å². The largest absolute Gasteiger partial charge is 0.378 e. The van der Waals surface area contributed by atoms with Crippen molar-refractivity contribution in [3.8, 4) is 0 Å². The zero-order valence-electron chi connectivity index (χ0n) is 11.5. The fourth-order valence-electron chi connectivity index (χ4n) is 3.84. The summed E-state index contributed by atoms with van der Waals surface area (Å²) in [5.41, 5.74) is 0.449. The first-order valence-corrected chi connectivity index (χ1v) is 9.00. The van der Waals surface area contributed by atoms with Crippen molar-refractivity contribution in [3.05, 3.63) is 20.8 Å². The van der Waals surface area contributed by atoms with Gasteiger partial charge in [-0.2, -0.15) is 0 Å². The van der Waals surface area contributed by atoms with Crippen LogP contribution in [0.3, 0.4) is 0 Å². The minimum Gasteiger partial charge on any atom is -0.378 e. The molecular formula is C15H22BrNOS. The lowest BCUT2D eigenvalue weighted by atomic mass is 9.60. The maximum Gasteiger partial charge on any atom is 0.0661 e. The van der Waals surface area contributed by atoms with E-state index in [2.05, 4.69) is 39.6 Å². The summed E-state index contributed by atoms with van der Waals surface area (Å²) in [5, 5.41) is 5.94. The molecule has 0 bridgehead atoms. The van der Waals surface area contributed by atoms with Crippen LogP contribution in [-0.2, 0) is 11.3 Å². The number of rotatable bonds is 5. The van der Waals surface area contributed by atoms with Crippen molar-refractivity contribution in [2.45, 2.75) is 57.7 Å². The van der Waals surface area contributed by atoms with Gasteiger partial charge in [-0.25, -0.2) is 0 Å². The third kappa shape index (κ3) is 2.65. The Morgan fingerprint density at radius 1 is 1.47 bits per heavy atom. The first kappa shape index (κ1) is 14.1. The third-order valence-electron chi connectivity index (χ3n) is 4.83. The number of hydrogen-bond acceptors (Lipinski definition) is 3. The minimum absolute atomic E-state index is 0.449. The van der Waals surface area contributed by atoms with Crippen LogP contribution in [0.2, 0.25) is 0 Å². The van der Waals surface area contributed by atoms with E-state index in [-0.39, 0.29) is 0 Å². The van der Waals surface area contributed by atoms with Crippen molar-refractivity contribution in [3.63, 3.8) is 0 Å². The summed E-state index contributed by atoms with van der Waals surface area (Å²) in [6.45, 7) is 3.98. The van der Waals surface area contributed by atoms with Crippen LogP contribution in [0.1, 0.15) is 43.9 Å². The Morgan fingerprint density at radius 2 is 2.26 bits per heavy atom. The van der Waals surface area contributed by atoms with Gasteiger partial charge in [-0.1, -0.05) is 12.8 Å². The Bertz CT molecular complexity index is 428. The Morgan fingerprint density at radius 3 is 2.89 bits per heavy atom. The lowest BCUT2D eigenvalue weighted by Crippen LogP contribution is -2.62. The maximum atomic E-state index is 5.96. The monoisotopic (exact) mass is 343 g/mol. The molecule has 2 fully saturated rings. The molecule has 4 heteroatoms. The normalized spacial score (nSPS) is 28.7. The van der Waals surface area contributed by atoms with Gasteiger partial charge < -0.3 is 10.1 Å². The van der Waals surface area contributed by atoms with Gasteiger partial charge in [-0.3, -0.25) is 0 Å². The van der Waals surface area contributed by atoms with Crippen molar-refractivity contribution < 1.29 is 4.74 Å². The van der Waals surface area contributed by atoms with Gasteiger partial charge in [0.15, 0.2) is 0 Å². The summed E-state index contributed by atoms with van der Waals surface area (Å²) in [5.74, 6) is 0. The van der Waals surface area contributed by atoms with E-state index in [0.717, 1.165) is 13.2 Å². The second kappa shape index (κ2) is 5.84. The van der Waals surface area contributed by atoms with E-state index < -0.39 is 0 Å². The van der Waals surface area contributed by atoms with Crippen molar-refractivity contribution in [2.75, 3.05) is 6.61 Å². The second-order valence-electron chi connectivity index (χ2n) is 5.78. The quantitative estimate of drug-likeness (QED) is 0.858. The number of halogens is 1. The first-order chi connectivity index (χ1) is 9.24. The van der Waals surface area contributed by atoms with E-state index in [0.29, 0.717) is 17.6 Å². The SMILES string of the molecule is CCOC1CC(NCc2cc(Br)cs2)C12CCCC2. The van der Waals surface area contributed by atoms with Crippen LogP contribution in [0.4, 0.5) is 0 Å². The zero-order chi connectivity index (χ0) is 13.3. The van der Waals surface area contributed by atoms with Gasteiger partial charge in [-0.05, 0) is 48.2 Å². The smallest absolute Gasteiger partial charge is 0.0661 e. The first-order valence-electron chi connectivity index (χ1n) is 7.32. The molecule has 2 nitrogen and oxygen atoms in total. The van der Waals surface area contributed by atoms with Gasteiger partial charge in [0.1, 0.15) is 0 Å². The highest BCUT2D eigenvalue weighted by Crippen LogP contribution is 2.54. The molecule has 106 valence electrons. The summed E-state index contributed by atoms with van der Waals surface area (Å²) in [6, 6.07) is 2.88. The molecule has 0 amide bonds. The van der Waals surface area contributed by atoms with Crippen LogP contribution in [0.15, 0.2) is 15.9 Å². The summed E-state index contributed by atoms with van der Waals surface area (Å²) in [4.78, 5) is 1.42. The molecule has 2 aliphatic carbocycles. The van der Waals surface area contributed by atoms with Gasteiger partial charge in [0, 0.05) is 39.3 Å². The van der Waals surface area contributed by atoms with Gasteiger partial charge in [0.2, 0.25) is 0 Å². The highest BCUT2D eigenvalue weighted by molar-refractivity contribution is 9.10. The summed E-state index contributed by atoms with van der Waals surface area (Å²) in [7, 11) is 0. The molecule has 1 N–H and O–H groups in total. The molecule has 1 aromatic rings. The Labute approximate surface area is 128 Å². The topological polar surface area (TPSA) is 21.3 Å². The second-order valence-corrected chi connectivity index (χ2v) is 7.70. The molecule has 0 saturated heterocycles. The van der Waals surface area contributed by atoms with Gasteiger partial charge in [0.25, 0.3) is 0 Å². The van der Waals surface area contributed by atoms with Crippen LogP contribution in [-0.4, -0.2) is 18.8 Å². The number of hydrogen-bond donors (Lipinski definition) is 1. The molecule has 19 heavy (non-hydrogen) atoms. The van der Waals surface area contributed by atoms with Gasteiger partial charge in [-0.15, -0.1) is 11.3 Å². The molecular weight excluding hydrogens is 322 g/mol.